The molecule has 0 N–H and O–H groups in total. The van der Waals surface area contributed by atoms with Gasteiger partial charge in [0.15, 0.2) is 5.75 Å². The third-order valence-electron chi connectivity index (χ3n) is 17.9. The van der Waals surface area contributed by atoms with Crippen molar-refractivity contribution in [3.63, 3.8) is 0 Å². The van der Waals surface area contributed by atoms with Gasteiger partial charge in [0.1, 0.15) is 12.4 Å². The molecule has 2 heterocycles. The fourth-order valence-corrected chi connectivity index (χ4v) is 14.4. The van der Waals surface area contributed by atoms with E-state index in [1.165, 1.54) is 76.0 Å². The molecule has 4 saturated carbocycles. The molecule has 9 unspecified atom stereocenters. The maximum absolute atomic E-state index is 13.6. The zero-order valence-electron chi connectivity index (χ0n) is 39.4. The molecule has 2 aliphatic heterocycles. The Morgan fingerprint density at radius 1 is 0.657 bits per heavy atom. The number of carbonyl (C=O) groups is 5. The number of carbonyl (C=O) groups excluding carboxylic acids is 5. The van der Waals surface area contributed by atoms with E-state index in [-0.39, 0.29) is 45.3 Å². The molecule has 0 radical (unpaired) electrons. The first-order valence-electron chi connectivity index (χ1n) is 24.7. The van der Waals surface area contributed by atoms with E-state index in [1.54, 1.807) is 24.3 Å². The minimum Gasteiger partial charge on any atom is -0.423 e. The van der Waals surface area contributed by atoms with Crippen LogP contribution in [0, 0.1) is 52.3 Å². The summed E-state index contributed by atoms with van der Waals surface area (Å²) in [7, 11) is 0. The molecule has 4 fully saturated rings. The van der Waals surface area contributed by atoms with E-state index >= 15 is 0 Å². The van der Waals surface area contributed by atoms with Gasteiger partial charge in [-0.1, -0.05) is 84.2 Å². The molecule has 4 aromatic carbocycles. The minimum absolute atomic E-state index is 0.0551. The van der Waals surface area contributed by atoms with Gasteiger partial charge in [-0.05, 0) is 181 Å². The number of rotatable bonds is 13. The van der Waals surface area contributed by atoms with Crippen molar-refractivity contribution in [3.8, 4) is 11.5 Å². The Balaban J connectivity index is 0.899. The lowest BCUT2D eigenvalue weighted by molar-refractivity contribution is -0.217. The van der Waals surface area contributed by atoms with Gasteiger partial charge >= 0.3 is 29.8 Å². The van der Waals surface area contributed by atoms with Gasteiger partial charge < -0.3 is 19.1 Å². The van der Waals surface area contributed by atoms with Crippen LogP contribution in [0.3, 0.4) is 0 Å². The Morgan fingerprint density at radius 2 is 1.36 bits per heavy atom. The van der Waals surface area contributed by atoms with Gasteiger partial charge in [-0.3, -0.25) is 0 Å². The van der Waals surface area contributed by atoms with Crippen LogP contribution in [0.15, 0.2) is 84.9 Å². The summed E-state index contributed by atoms with van der Waals surface area (Å²) in [5, 5.41) is 0. The maximum atomic E-state index is 13.6. The average Bonchev–Trinajstić information content (AvgIpc) is 3.93. The Bertz CT molecular complexity index is 2630. The van der Waals surface area contributed by atoms with Crippen molar-refractivity contribution in [2.24, 2.45) is 52.3 Å². The van der Waals surface area contributed by atoms with E-state index in [4.69, 9.17) is 24.0 Å². The molecule has 0 saturated heterocycles. The molecule has 6 aliphatic rings. The Kier molecular flexibility index (Phi) is 11.8. The predicted molar refractivity (Wildman–Crippen MR) is 249 cm³/mol. The van der Waals surface area contributed by atoms with Crippen molar-refractivity contribution in [1.29, 1.82) is 0 Å². The van der Waals surface area contributed by atoms with Crippen LogP contribution in [0.4, 0.5) is 0 Å². The van der Waals surface area contributed by atoms with Gasteiger partial charge in [-0.15, -0.1) is 0 Å². The Morgan fingerprint density at radius 3 is 2.10 bits per heavy atom. The second kappa shape index (κ2) is 17.5. The van der Waals surface area contributed by atoms with E-state index < -0.39 is 29.8 Å². The number of fused-ring (bicyclic) bond motifs is 7. The van der Waals surface area contributed by atoms with Gasteiger partial charge in [0, 0.05) is 5.41 Å². The molecular formula is C57H62O10. The van der Waals surface area contributed by atoms with Gasteiger partial charge in [-0.25, -0.2) is 24.0 Å². The van der Waals surface area contributed by atoms with Crippen molar-refractivity contribution in [1.82, 2.24) is 0 Å². The van der Waals surface area contributed by atoms with E-state index in [9.17, 15) is 24.0 Å². The Labute approximate surface area is 393 Å². The molecule has 4 aromatic rings. The normalized spacial score (nSPS) is 29.9. The lowest BCUT2D eigenvalue weighted by atomic mass is 9.42. The van der Waals surface area contributed by atoms with Crippen molar-refractivity contribution in [2.45, 2.75) is 124 Å². The van der Waals surface area contributed by atoms with Crippen LogP contribution in [-0.4, -0.2) is 29.8 Å². The van der Waals surface area contributed by atoms with Crippen LogP contribution >= 0.6 is 0 Å². The number of benzene rings is 4. The van der Waals surface area contributed by atoms with Gasteiger partial charge in [0.05, 0.1) is 27.8 Å². The summed E-state index contributed by atoms with van der Waals surface area (Å²) in [6.07, 6.45) is 14.9. The molecule has 10 rings (SSSR count). The smallest absolute Gasteiger partial charge is 0.346 e. The largest absolute Gasteiger partial charge is 0.423 e. The van der Waals surface area contributed by atoms with Crippen LogP contribution in [-0.2, 0) is 26.4 Å². The Hall–Kier alpha value is -5.61. The maximum Gasteiger partial charge on any atom is 0.346 e. The molecule has 9 atom stereocenters. The molecule has 0 spiro atoms. The van der Waals surface area contributed by atoms with E-state index in [0.717, 1.165) is 60.0 Å². The predicted octanol–water partition coefficient (Wildman–Crippen LogP) is 12.4. The fraction of sp³-hybridized carbons (Fsp3) is 0.491. The number of hydrogen-bond acceptors (Lipinski definition) is 10. The highest BCUT2D eigenvalue weighted by Crippen LogP contribution is 2.70. The van der Waals surface area contributed by atoms with E-state index in [0.29, 0.717) is 34.3 Å². The standard InChI is InChI=1S/C57H62O10/c1-33(2)8-6-9-34(3)47-22-23-48-44-21-16-39-31-57(27-26-55(39,4)49(44)24-25-56(47,48)5,37-14-17-40(18-15-37)67-63-32-35-12-19-42-45(28-35)53(61)65-51(42)59)38-10-7-11-41(30-38)64-50(58)36-13-20-43-46(29-36)54(62)66-52(43)60/h7,10-15,17-20,28-30,33-34,39,44,47-49H,6,8-9,16,21-27,31-32H2,1-5H3. The first-order chi connectivity index (χ1) is 32.2. The molecule has 10 heteroatoms. The summed E-state index contributed by atoms with van der Waals surface area (Å²) in [5.41, 5.74) is 3.95. The van der Waals surface area contributed by atoms with Gasteiger partial charge in [0.25, 0.3) is 0 Å². The summed E-state index contributed by atoms with van der Waals surface area (Å²) in [4.78, 5) is 73.4. The molecule has 4 aliphatic carbocycles. The van der Waals surface area contributed by atoms with E-state index in [2.05, 4.69) is 52.8 Å². The highest BCUT2D eigenvalue weighted by Gasteiger charge is 2.62. The van der Waals surface area contributed by atoms with Crippen molar-refractivity contribution >= 4 is 29.8 Å². The molecular weight excluding hydrogens is 845 g/mol. The third-order valence-corrected chi connectivity index (χ3v) is 17.9. The summed E-state index contributed by atoms with van der Waals surface area (Å²) in [6, 6.07) is 25.1. The number of ether oxygens (including phenoxy) is 3. The molecule has 0 aromatic heterocycles. The summed E-state index contributed by atoms with van der Waals surface area (Å²) < 4.78 is 15.5. The van der Waals surface area contributed by atoms with Gasteiger partial charge in [-0.2, -0.15) is 4.89 Å². The zero-order valence-corrected chi connectivity index (χ0v) is 39.4. The topological polar surface area (TPSA) is 132 Å². The highest BCUT2D eigenvalue weighted by atomic mass is 17.2. The molecule has 10 nitrogen and oxygen atoms in total. The SMILES string of the molecule is CC(C)CCCC(C)C1CCC2C3CCC4CC(c5ccc(OOCc6ccc7c(c6)C(=O)OC7=O)cc5)(c5cccc(OC(=O)c6ccc7c(c6)C(=O)OC7=O)c5)CCC4(C)C3CCC12C. The highest BCUT2D eigenvalue weighted by molar-refractivity contribution is 6.16. The molecule has 0 amide bonds. The number of cyclic esters (lactones) is 4. The lowest BCUT2D eigenvalue weighted by Crippen LogP contribution is -2.55. The number of hydrogen-bond donors (Lipinski definition) is 0. The molecule has 67 heavy (non-hydrogen) atoms. The summed E-state index contributed by atoms with van der Waals surface area (Å²) in [5.74, 6) is 2.62. The average molecular weight is 907 g/mol. The van der Waals surface area contributed by atoms with Crippen molar-refractivity contribution in [3.05, 3.63) is 129 Å². The summed E-state index contributed by atoms with van der Waals surface area (Å²) >= 11 is 0. The zero-order chi connectivity index (χ0) is 46.8. The second-order valence-corrected chi connectivity index (χ2v) is 21.8. The van der Waals surface area contributed by atoms with E-state index in [1.807, 2.05) is 24.3 Å². The monoisotopic (exact) mass is 906 g/mol. The first kappa shape index (κ1) is 45.2. The second-order valence-electron chi connectivity index (χ2n) is 21.8. The molecule has 0 bridgehead atoms. The molecule has 350 valence electrons. The van der Waals surface area contributed by atoms with Crippen molar-refractivity contribution in [2.75, 3.05) is 0 Å². The van der Waals surface area contributed by atoms with Crippen LogP contribution in [0.1, 0.15) is 180 Å². The van der Waals surface area contributed by atoms with Crippen molar-refractivity contribution < 1.29 is 48.0 Å². The quantitative estimate of drug-likeness (QED) is 0.0420. The summed E-state index contributed by atoms with van der Waals surface area (Å²) in [6.45, 7) is 12.6. The van der Waals surface area contributed by atoms with Crippen LogP contribution in [0.25, 0.3) is 0 Å². The van der Waals surface area contributed by atoms with Crippen LogP contribution in [0.2, 0.25) is 0 Å². The van der Waals surface area contributed by atoms with Crippen LogP contribution in [0.5, 0.6) is 11.5 Å². The lowest BCUT2D eigenvalue weighted by Gasteiger charge is -2.63. The fourth-order valence-electron chi connectivity index (χ4n) is 14.4. The first-order valence-corrected chi connectivity index (χ1v) is 24.7. The number of esters is 5. The van der Waals surface area contributed by atoms with Crippen LogP contribution < -0.4 is 9.62 Å². The van der Waals surface area contributed by atoms with Gasteiger partial charge in [0.2, 0.25) is 0 Å². The third kappa shape index (κ3) is 8.00. The minimum atomic E-state index is -0.775.